The van der Waals surface area contributed by atoms with Crippen molar-refractivity contribution >= 4 is 28.7 Å². The van der Waals surface area contributed by atoms with Gasteiger partial charge in [0.25, 0.3) is 0 Å². The lowest BCUT2D eigenvalue weighted by Crippen LogP contribution is -2.02. The number of carbonyl (C=O) groups excluding carboxylic acids is 1. The molecule has 0 saturated heterocycles. The van der Waals surface area contributed by atoms with Gasteiger partial charge in [0.15, 0.2) is 5.78 Å². The molecule has 0 aliphatic heterocycles. The van der Waals surface area contributed by atoms with Crippen molar-refractivity contribution in [3.05, 3.63) is 56.7 Å². The first-order valence-corrected chi connectivity index (χ1v) is 6.75. The summed E-state index contributed by atoms with van der Waals surface area (Å²) in [6, 6.07) is 9.64. The van der Waals surface area contributed by atoms with Crippen molar-refractivity contribution in [3.8, 4) is 0 Å². The monoisotopic (exact) mass is 264 g/mol. The molecule has 0 aliphatic rings. The second-order valence-electron chi connectivity index (χ2n) is 3.94. The van der Waals surface area contributed by atoms with Crippen LogP contribution >= 0.6 is 22.9 Å². The molecular formula is C14H13ClOS. The number of carbonyl (C=O) groups is 1. The molecule has 0 spiro atoms. The van der Waals surface area contributed by atoms with Crippen molar-refractivity contribution in [3.63, 3.8) is 0 Å². The number of benzene rings is 1. The lowest BCUT2D eigenvalue weighted by Gasteiger charge is -2.05. The maximum absolute atomic E-state index is 12.0. The molecule has 2 aromatic rings. The van der Waals surface area contributed by atoms with Crippen LogP contribution in [0.3, 0.4) is 0 Å². The van der Waals surface area contributed by atoms with Crippen LogP contribution in [0, 0.1) is 6.92 Å². The van der Waals surface area contributed by atoms with E-state index >= 15 is 0 Å². The van der Waals surface area contributed by atoms with Crippen LogP contribution in [0.15, 0.2) is 35.7 Å². The molecule has 1 aromatic carbocycles. The lowest BCUT2D eigenvalue weighted by molar-refractivity contribution is 0.0983. The summed E-state index contributed by atoms with van der Waals surface area (Å²) < 4.78 is 0. The molecule has 17 heavy (non-hydrogen) atoms. The molecule has 88 valence electrons. The average Bonchev–Trinajstić information content (AvgIpc) is 2.82. The van der Waals surface area contributed by atoms with Gasteiger partial charge < -0.3 is 0 Å². The zero-order valence-electron chi connectivity index (χ0n) is 9.57. The standard InChI is InChI=1S/C14H13ClOS/c1-10-4-2-6-12(14(10)15)13(16)8-7-11-5-3-9-17-11/h2-6,9H,7-8H2,1H3. The Balaban J connectivity index is 2.07. The molecule has 3 heteroatoms. The molecule has 0 aliphatic carbocycles. The molecule has 0 bridgehead atoms. The van der Waals surface area contributed by atoms with E-state index in [1.165, 1.54) is 4.88 Å². The van der Waals surface area contributed by atoms with E-state index in [9.17, 15) is 4.79 Å². The van der Waals surface area contributed by atoms with Crippen LogP contribution in [-0.4, -0.2) is 5.78 Å². The summed E-state index contributed by atoms with van der Waals surface area (Å²) in [6.07, 6.45) is 1.31. The fourth-order valence-corrected chi connectivity index (χ4v) is 2.63. The number of Topliss-reactive ketones (excluding diaryl/α,β-unsaturated/α-hetero) is 1. The zero-order chi connectivity index (χ0) is 12.3. The Bertz CT molecular complexity index is 517. The van der Waals surface area contributed by atoms with Crippen molar-refractivity contribution in [2.24, 2.45) is 0 Å². The summed E-state index contributed by atoms with van der Waals surface area (Å²) in [7, 11) is 0. The van der Waals surface area contributed by atoms with E-state index in [1.54, 1.807) is 17.4 Å². The largest absolute Gasteiger partial charge is 0.294 e. The van der Waals surface area contributed by atoms with Crippen molar-refractivity contribution in [2.45, 2.75) is 19.8 Å². The highest BCUT2D eigenvalue weighted by Crippen LogP contribution is 2.22. The normalized spacial score (nSPS) is 10.5. The Kier molecular flexibility index (Phi) is 3.97. The Morgan fingerprint density at radius 1 is 1.29 bits per heavy atom. The second kappa shape index (κ2) is 5.48. The number of aryl methyl sites for hydroxylation is 2. The average molecular weight is 265 g/mol. The molecule has 1 heterocycles. The topological polar surface area (TPSA) is 17.1 Å². The van der Waals surface area contributed by atoms with Crippen LogP contribution in [0.2, 0.25) is 5.02 Å². The third kappa shape index (κ3) is 2.96. The Morgan fingerprint density at radius 2 is 2.12 bits per heavy atom. The van der Waals surface area contributed by atoms with Crippen molar-refractivity contribution < 1.29 is 4.79 Å². The van der Waals surface area contributed by atoms with Crippen LogP contribution in [0.25, 0.3) is 0 Å². The summed E-state index contributed by atoms with van der Waals surface area (Å²) in [5.41, 5.74) is 1.59. The molecule has 0 radical (unpaired) electrons. The molecule has 1 aromatic heterocycles. The first-order valence-electron chi connectivity index (χ1n) is 5.49. The highest BCUT2D eigenvalue weighted by molar-refractivity contribution is 7.09. The van der Waals surface area contributed by atoms with E-state index in [-0.39, 0.29) is 5.78 Å². The molecule has 0 fully saturated rings. The van der Waals surface area contributed by atoms with Gasteiger partial charge in [-0.15, -0.1) is 11.3 Å². The van der Waals surface area contributed by atoms with Gasteiger partial charge in [0.05, 0.1) is 5.02 Å². The van der Waals surface area contributed by atoms with Crippen LogP contribution in [0.1, 0.15) is 27.2 Å². The predicted molar refractivity (Wildman–Crippen MR) is 73.2 cm³/mol. The maximum Gasteiger partial charge on any atom is 0.164 e. The maximum atomic E-state index is 12.0. The van der Waals surface area contributed by atoms with E-state index in [0.29, 0.717) is 17.0 Å². The fourth-order valence-electron chi connectivity index (χ4n) is 1.69. The smallest absolute Gasteiger partial charge is 0.164 e. The molecule has 0 atom stereocenters. The van der Waals surface area contributed by atoms with Gasteiger partial charge in [0, 0.05) is 16.9 Å². The summed E-state index contributed by atoms with van der Waals surface area (Å²) >= 11 is 7.81. The minimum absolute atomic E-state index is 0.118. The predicted octanol–water partition coefficient (Wildman–Crippen LogP) is 4.53. The number of halogens is 1. The zero-order valence-corrected chi connectivity index (χ0v) is 11.1. The molecule has 0 N–H and O–H groups in total. The molecule has 0 amide bonds. The van der Waals surface area contributed by atoms with E-state index in [4.69, 9.17) is 11.6 Å². The summed E-state index contributed by atoms with van der Waals surface area (Å²) in [5, 5.41) is 2.61. The van der Waals surface area contributed by atoms with E-state index in [0.717, 1.165) is 12.0 Å². The summed E-state index contributed by atoms with van der Waals surface area (Å²) in [4.78, 5) is 13.3. The van der Waals surface area contributed by atoms with Crippen LogP contribution < -0.4 is 0 Å². The number of ketones is 1. The number of thiophene rings is 1. The van der Waals surface area contributed by atoms with Gasteiger partial charge in [-0.1, -0.05) is 29.8 Å². The third-order valence-electron chi connectivity index (χ3n) is 2.67. The van der Waals surface area contributed by atoms with Gasteiger partial charge in [-0.3, -0.25) is 4.79 Å². The van der Waals surface area contributed by atoms with Gasteiger partial charge in [0.2, 0.25) is 0 Å². The van der Waals surface area contributed by atoms with Crippen molar-refractivity contribution in [1.82, 2.24) is 0 Å². The quantitative estimate of drug-likeness (QED) is 0.742. The van der Waals surface area contributed by atoms with Gasteiger partial charge in [-0.2, -0.15) is 0 Å². The fraction of sp³-hybridized carbons (Fsp3) is 0.214. The Hall–Kier alpha value is -1.12. The number of hydrogen-bond acceptors (Lipinski definition) is 2. The summed E-state index contributed by atoms with van der Waals surface area (Å²) in [6.45, 7) is 1.92. The first-order chi connectivity index (χ1) is 8.18. The Morgan fingerprint density at radius 3 is 2.82 bits per heavy atom. The molecule has 2 rings (SSSR count). The van der Waals surface area contributed by atoms with E-state index < -0.39 is 0 Å². The van der Waals surface area contributed by atoms with E-state index in [2.05, 4.69) is 6.07 Å². The van der Waals surface area contributed by atoms with Gasteiger partial charge in [0.1, 0.15) is 0 Å². The second-order valence-corrected chi connectivity index (χ2v) is 5.35. The summed E-state index contributed by atoms with van der Waals surface area (Å²) in [5.74, 6) is 0.118. The molecular weight excluding hydrogens is 252 g/mol. The van der Waals surface area contributed by atoms with Crippen molar-refractivity contribution in [1.29, 1.82) is 0 Å². The number of rotatable bonds is 4. The van der Waals surface area contributed by atoms with Crippen LogP contribution in [-0.2, 0) is 6.42 Å². The number of hydrogen-bond donors (Lipinski definition) is 0. The highest BCUT2D eigenvalue weighted by atomic mass is 35.5. The molecule has 0 saturated carbocycles. The lowest BCUT2D eigenvalue weighted by atomic mass is 10.0. The van der Waals surface area contributed by atoms with E-state index in [1.807, 2.05) is 30.5 Å². The minimum atomic E-state index is 0.118. The van der Waals surface area contributed by atoms with Crippen molar-refractivity contribution in [2.75, 3.05) is 0 Å². The molecule has 1 nitrogen and oxygen atoms in total. The van der Waals surface area contributed by atoms with Gasteiger partial charge in [-0.25, -0.2) is 0 Å². The Labute approximate surface area is 110 Å². The van der Waals surface area contributed by atoms with Crippen LogP contribution in [0.5, 0.6) is 0 Å². The molecule has 0 unspecified atom stereocenters. The first kappa shape index (κ1) is 12.3. The van der Waals surface area contributed by atoms with Crippen LogP contribution in [0.4, 0.5) is 0 Å². The minimum Gasteiger partial charge on any atom is -0.294 e. The van der Waals surface area contributed by atoms with Gasteiger partial charge in [-0.05, 0) is 36.4 Å². The SMILES string of the molecule is Cc1cccc(C(=O)CCc2cccs2)c1Cl. The van der Waals surface area contributed by atoms with Gasteiger partial charge >= 0.3 is 0 Å². The third-order valence-corrected chi connectivity index (χ3v) is 4.11. The highest BCUT2D eigenvalue weighted by Gasteiger charge is 2.11.